The number of benzene rings is 1. The molecule has 4 nitrogen and oxygen atoms in total. The fourth-order valence-electron chi connectivity index (χ4n) is 1.78. The Bertz CT molecular complexity index is 658. The van der Waals surface area contributed by atoms with Gasteiger partial charge < -0.3 is 5.73 Å². The van der Waals surface area contributed by atoms with Crippen LogP contribution in [0.3, 0.4) is 0 Å². The van der Waals surface area contributed by atoms with E-state index in [-0.39, 0.29) is 0 Å². The molecule has 0 saturated carbocycles. The first kappa shape index (κ1) is 10.5. The van der Waals surface area contributed by atoms with Crippen molar-refractivity contribution in [3.05, 3.63) is 61.1 Å². The number of nitrogens with two attached hydrogens (primary N) is 1. The van der Waals surface area contributed by atoms with Gasteiger partial charge in [0.2, 0.25) is 0 Å². The van der Waals surface area contributed by atoms with Gasteiger partial charge in [-0.2, -0.15) is 5.10 Å². The molecule has 0 atom stereocenters. The Morgan fingerprint density at radius 2 is 1.89 bits per heavy atom. The zero-order valence-corrected chi connectivity index (χ0v) is 9.69. The molecule has 0 aliphatic heterocycles. The Morgan fingerprint density at radius 1 is 1.06 bits per heavy atom. The van der Waals surface area contributed by atoms with Crippen molar-refractivity contribution < 1.29 is 0 Å². The third-order valence-corrected chi connectivity index (χ3v) is 2.68. The van der Waals surface area contributed by atoms with Crippen LogP contribution in [0.15, 0.2) is 61.1 Å². The zero-order valence-electron chi connectivity index (χ0n) is 9.69. The molecular weight excluding hydrogens is 224 g/mol. The largest absolute Gasteiger partial charge is 0.399 e. The van der Waals surface area contributed by atoms with Crippen LogP contribution in [0, 0.1) is 0 Å². The van der Waals surface area contributed by atoms with Crippen molar-refractivity contribution in [2.24, 2.45) is 0 Å². The van der Waals surface area contributed by atoms with Gasteiger partial charge in [0.15, 0.2) is 0 Å². The SMILES string of the molecule is Nc1ccnc(-c2cnn(-c3ccccc3)c2)c1. The van der Waals surface area contributed by atoms with Gasteiger partial charge in [-0.1, -0.05) is 18.2 Å². The lowest BCUT2D eigenvalue weighted by Gasteiger charge is -1.99. The van der Waals surface area contributed by atoms with Crippen molar-refractivity contribution in [3.8, 4) is 16.9 Å². The summed E-state index contributed by atoms with van der Waals surface area (Å²) in [7, 11) is 0. The summed E-state index contributed by atoms with van der Waals surface area (Å²) in [5, 5.41) is 4.33. The molecule has 0 saturated heterocycles. The topological polar surface area (TPSA) is 56.7 Å². The molecule has 3 rings (SSSR count). The van der Waals surface area contributed by atoms with Gasteiger partial charge in [0.25, 0.3) is 0 Å². The van der Waals surface area contributed by atoms with E-state index in [1.54, 1.807) is 18.5 Å². The maximum Gasteiger partial charge on any atom is 0.0754 e. The van der Waals surface area contributed by atoms with Gasteiger partial charge in [0.05, 0.1) is 17.6 Å². The lowest BCUT2D eigenvalue weighted by molar-refractivity contribution is 0.881. The van der Waals surface area contributed by atoms with Crippen molar-refractivity contribution in [1.29, 1.82) is 0 Å². The Balaban J connectivity index is 2.00. The predicted octanol–water partition coefficient (Wildman–Crippen LogP) is 2.52. The molecule has 0 fully saturated rings. The van der Waals surface area contributed by atoms with E-state index >= 15 is 0 Å². The third-order valence-electron chi connectivity index (χ3n) is 2.68. The third kappa shape index (κ3) is 1.96. The molecule has 0 radical (unpaired) electrons. The number of aromatic nitrogens is 3. The highest BCUT2D eigenvalue weighted by molar-refractivity contribution is 5.61. The van der Waals surface area contributed by atoms with Crippen molar-refractivity contribution >= 4 is 5.69 Å². The van der Waals surface area contributed by atoms with Gasteiger partial charge in [-0.05, 0) is 24.3 Å². The van der Waals surface area contributed by atoms with Crippen LogP contribution in [-0.2, 0) is 0 Å². The zero-order chi connectivity index (χ0) is 12.4. The number of hydrogen-bond donors (Lipinski definition) is 1. The van der Waals surface area contributed by atoms with Gasteiger partial charge in [0, 0.05) is 23.6 Å². The summed E-state index contributed by atoms with van der Waals surface area (Å²) >= 11 is 0. The summed E-state index contributed by atoms with van der Waals surface area (Å²) in [4.78, 5) is 4.28. The molecule has 2 N–H and O–H groups in total. The Kier molecular flexibility index (Phi) is 2.53. The van der Waals surface area contributed by atoms with E-state index in [2.05, 4.69) is 10.1 Å². The van der Waals surface area contributed by atoms with Gasteiger partial charge in [-0.15, -0.1) is 0 Å². The molecule has 0 aliphatic rings. The molecule has 2 aromatic heterocycles. The van der Waals surface area contributed by atoms with Crippen LogP contribution in [0.1, 0.15) is 0 Å². The molecule has 0 unspecified atom stereocenters. The van der Waals surface area contributed by atoms with E-state index in [4.69, 9.17) is 5.73 Å². The fourth-order valence-corrected chi connectivity index (χ4v) is 1.78. The van der Waals surface area contributed by atoms with E-state index in [0.29, 0.717) is 5.69 Å². The first-order chi connectivity index (χ1) is 8.83. The molecular formula is C14H12N4. The minimum atomic E-state index is 0.701. The smallest absolute Gasteiger partial charge is 0.0754 e. The van der Waals surface area contributed by atoms with Crippen molar-refractivity contribution in [2.45, 2.75) is 0 Å². The summed E-state index contributed by atoms with van der Waals surface area (Å²) in [6.45, 7) is 0. The average molecular weight is 236 g/mol. The highest BCUT2D eigenvalue weighted by atomic mass is 15.3. The predicted molar refractivity (Wildman–Crippen MR) is 71.2 cm³/mol. The minimum Gasteiger partial charge on any atom is -0.399 e. The lowest BCUT2D eigenvalue weighted by Crippen LogP contribution is -1.92. The normalized spacial score (nSPS) is 10.4. The molecule has 88 valence electrons. The van der Waals surface area contributed by atoms with Crippen LogP contribution in [0.5, 0.6) is 0 Å². The van der Waals surface area contributed by atoms with E-state index in [0.717, 1.165) is 16.9 Å². The summed E-state index contributed by atoms with van der Waals surface area (Å²) < 4.78 is 1.82. The quantitative estimate of drug-likeness (QED) is 0.743. The highest BCUT2D eigenvalue weighted by Crippen LogP contribution is 2.19. The number of nitrogen functional groups attached to an aromatic ring is 1. The van der Waals surface area contributed by atoms with Crippen LogP contribution in [-0.4, -0.2) is 14.8 Å². The second-order valence-corrected chi connectivity index (χ2v) is 3.98. The highest BCUT2D eigenvalue weighted by Gasteiger charge is 2.04. The summed E-state index contributed by atoms with van der Waals surface area (Å²) in [6, 6.07) is 13.6. The molecule has 0 amide bonds. The molecule has 0 bridgehead atoms. The molecule has 0 aliphatic carbocycles. The van der Waals surface area contributed by atoms with E-state index in [1.165, 1.54) is 0 Å². The summed E-state index contributed by atoms with van der Waals surface area (Å²) in [6.07, 6.45) is 5.43. The average Bonchev–Trinajstić information content (AvgIpc) is 2.89. The Morgan fingerprint density at radius 3 is 2.67 bits per heavy atom. The maximum atomic E-state index is 5.75. The maximum absolute atomic E-state index is 5.75. The van der Waals surface area contributed by atoms with Gasteiger partial charge >= 0.3 is 0 Å². The molecule has 18 heavy (non-hydrogen) atoms. The monoisotopic (exact) mass is 236 g/mol. The molecule has 2 heterocycles. The second-order valence-electron chi connectivity index (χ2n) is 3.98. The standard InChI is InChI=1S/C14H12N4/c15-12-6-7-16-14(8-12)11-9-17-18(10-11)13-4-2-1-3-5-13/h1-10H,(H2,15,16). The van der Waals surface area contributed by atoms with Gasteiger partial charge in [0.1, 0.15) is 0 Å². The van der Waals surface area contributed by atoms with Crippen LogP contribution < -0.4 is 5.73 Å². The van der Waals surface area contributed by atoms with Gasteiger partial charge in [-0.25, -0.2) is 4.68 Å². The first-order valence-corrected chi connectivity index (χ1v) is 5.65. The minimum absolute atomic E-state index is 0.701. The summed E-state index contributed by atoms with van der Waals surface area (Å²) in [5.74, 6) is 0. The van der Waals surface area contributed by atoms with Crippen LogP contribution >= 0.6 is 0 Å². The Labute approximate surface area is 105 Å². The van der Waals surface area contributed by atoms with E-state index in [9.17, 15) is 0 Å². The number of para-hydroxylation sites is 1. The van der Waals surface area contributed by atoms with Crippen molar-refractivity contribution in [1.82, 2.24) is 14.8 Å². The number of rotatable bonds is 2. The number of hydrogen-bond acceptors (Lipinski definition) is 3. The molecule has 0 spiro atoms. The van der Waals surface area contributed by atoms with Gasteiger partial charge in [-0.3, -0.25) is 4.98 Å². The van der Waals surface area contributed by atoms with Crippen LogP contribution in [0.25, 0.3) is 16.9 Å². The molecule has 3 aromatic rings. The number of pyridine rings is 1. The molecule has 4 heteroatoms. The van der Waals surface area contributed by atoms with Crippen molar-refractivity contribution in [3.63, 3.8) is 0 Å². The second kappa shape index (κ2) is 4.33. The number of anilines is 1. The van der Waals surface area contributed by atoms with Crippen LogP contribution in [0.2, 0.25) is 0 Å². The first-order valence-electron chi connectivity index (χ1n) is 5.65. The van der Waals surface area contributed by atoms with Crippen LogP contribution in [0.4, 0.5) is 5.69 Å². The lowest BCUT2D eigenvalue weighted by atomic mass is 10.2. The number of nitrogens with zero attached hydrogens (tertiary/aromatic N) is 3. The summed E-state index contributed by atoms with van der Waals surface area (Å²) in [5.41, 5.74) is 9.25. The van der Waals surface area contributed by atoms with E-state index in [1.807, 2.05) is 47.3 Å². The molecule has 1 aromatic carbocycles. The Hall–Kier alpha value is -2.62. The fraction of sp³-hybridized carbons (Fsp3) is 0. The van der Waals surface area contributed by atoms with Crippen molar-refractivity contribution in [2.75, 3.05) is 5.73 Å². The van der Waals surface area contributed by atoms with E-state index < -0.39 is 0 Å².